The van der Waals surface area contributed by atoms with Crippen molar-refractivity contribution >= 4 is 17.7 Å². The van der Waals surface area contributed by atoms with Gasteiger partial charge in [-0.05, 0) is 42.7 Å². The molecule has 0 aliphatic heterocycles. The number of carbonyl (C=O) groups excluding carboxylic acids is 1. The van der Waals surface area contributed by atoms with E-state index in [4.69, 9.17) is 9.84 Å². The number of hydrogen-bond acceptors (Lipinski definition) is 3. The Kier molecular flexibility index (Phi) is 5.36. The summed E-state index contributed by atoms with van der Waals surface area (Å²) in [4.78, 5) is 24.6. The molecule has 26 heavy (non-hydrogen) atoms. The molecule has 0 unspecified atom stereocenters. The Balaban J connectivity index is 1.61. The fourth-order valence-corrected chi connectivity index (χ4v) is 2.56. The second-order valence-corrected chi connectivity index (χ2v) is 6.13. The number of rotatable bonds is 7. The molecule has 0 heterocycles. The van der Waals surface area contributed by atoms with Crippen molar-refractivity contribution in [3.05, 3.63) is 59.9 Å². The summed E-state index contributed by atoms with van der Waals surface area (Å²) in [7, 11) is 0. The number of aliphatic carboxylic acids is 1. The van der Waals surface area contributed by atoms with Gasteiger partial charge in [-0.3, -0.25) is 4.79 Å². The Morgan fingerprint density at radius 1 is 1.19 bits per heavy atom. The van der Waals surface area contributed by atoms with Gasteiger partial charge in [-0.1, -0.05) is 18.2 Å². The predicted molar refractivity (Wildman–Crippen MR) is 93.6 cm³/mol. The first-order valence-corrected chi connectivity index (χ1v) is 8.28. The summed E-state index contributed by atoms with van der Waals surface area (Å²) in [6.45, 7) is -0.104. The van der Waals surface area contributed by atoms with Crippen LogP contribution < -0.4 is 10.1 Å². The molecule has 136 valence electrons. The highest BCUT2D eigenvalue weighted by molar-refractivity contribution is 5.91. The summed E-state index contributed by atoms with van der Waals surface area (Å²) in [6, 6.07) is 12.5. The highest BCUT2D eigenvalue weighted by Gasteiger charge is 2.33. The molecule has 0 radical (unpaired) electrons. The third-order valence-corrected chi connectivity index (χ3v) is 3.93. The second-order valence-electron chi connectivity index (χ2n) is 6.13. The first-order chi connectivity index (χ1) is 12.5. The van der Waals surface area contributed by atoms with Crippen LogP contribution in [0.1, 0.15) is 18.4 Å². The number of benzene rings is 2. The molecule has 6 nitrogen and oxygen atoms in total. The Morgan fingerprint density at radius 3 is 2.65 bits per heavy atom. The summed E-state index contributed by atoms with van der Waals surface area (Å²) in [5, 5.41) is 11.7. The van der Waals surface area contributed by atoms with E-state index in [0.717, 1.165) is 18.4 Å². The smallest absolute Gasteiger partial charge is 0.323 e. The maximum atomic E-state index is 13.2. The van der Waals surface area contributed by atoms with Crippen molar-refractivity contribution in [3.63, 3.8) is 0 Å². The van der Waals surface area contributed by atoms with E-state index >= 15 is 0 Å². The van der Waals surface area contributed by atoms with Gasteiger partial charge in [0.15, 0.2) is 0 Å². The van der Waals surface area contributed by atoms with E-state index in [-0.39, 0.29) is 25.0 Å². The minimum atomic E-state index is -1.04. The highest BCUT2D eigenvalue weighted by atomic mass is 19.1. The summed E-state index contributed by atoms with van der Waals surface area (Å²) in [5.74, 6) is -0.993. The molecule has 0 bridgehead atoms. The van der Waals surface area contributed by atoms with Crippen molar-refractivity contribution in [2.24, 2.45) is 0 Å². The number of nitrogens with one attached hydrogen (secondary N) is 1. The van der Waals surface area contributed by atoms with E-state index in [1.165, 1.54) is 17.0 Å². The van der Waals surface area contributed by atoms with Crippen LogP contribution in [-0.2, 0) is 11.4 Å². The molecule has 2 N–H and O–H groups in total. The van der Waals surface area contributed by atoms with Gasteiger partial charge in [-0.25, -0.2) is 9.18 Å². The van der Waals surface area contributed by atoms with Crippen LogP contribution in [-0.4, -0.2) is 34.6 Å². The van der Waals surface area contributed by atoms with E-state index in [2.05, 4.69) is 5.32 Å². The molecule has 1 aliphatic rings. The van der Waals surface area contributed by atoms with Crippen LogP contribution in [0, 0.1) is 5.82 Å². The number of carbonyl (C=O) groups is 2. The van der Waals surface area contributed by atoms with Gasteiger partial charge in [0, 0.05) is 17.8 Å². The number of amides is 2. The minimum Gasteiger partial charge on any atom is -0.489 e. The van der Waals surface area contributed by atoms with Gasteiger partial charge >= 0.3 is 12.0 Å². The quantitative estimate of drug-likeness (QED) is 0.794. The first-order valence-electron chi connectivity index (χ1n) is 8.28. The zero-order valence-electron chi connectivity index (χ0n) is 14.0. The topological polar surface area (TPSA) is 78.9 Å². The monoisotopic (exact) mass is 358 g/mol. The first kappa shape index (κ1) is 17.7. The number of urea groups is 1. The maximum Gasteiger partial charge on any atom is 0.323 e. The SMILES string of the molecule is O=C(O)CN(C(=O)Nc1cccc(COc2cccc(F)c2)c1)C1CC1. The molecule has 0 aromatic heterocycles. The molecule has 0 spiro atoms. The molecule has 1 fully saturated rings. The Hall–Kier alpha value is -3.09. The molecule has 3 rings (SSSR count). The summed E-state index contributed by atoms with van der Waals surface area (Å²) >= 11 is 0. The molecule has 0 saturated heterocycles. The van der Waals surface area contributed by atoms with E-state index in [1.807, 2.05) is 6.07 Å². The number of halogens is 1. The average Bonchev–Trinajstić information content (AvgIpc) is 3.43. The molecule has 0 atom stereocenters. The van der Waals surface area contributed by atoms with Gasteiger partial charge in [0.25, 0.3) is 0 Å². The average molecular weight is 358 g/mol. The molecule has 2 aromatic rings. The van der Waals surface area contributed by atoms with Crippen LogP contribution in [0.2, 0.25) is 0 Å². The number of carboxylic acid groups (broad SMARTS) is 1. The van der Waals surface area contributed by atoms with E-state index < -0.39 is 12.0 Å². The van der Waals surface area contributed by atoms with Crippen molar-refractivity contribution in [2.75, 3.05) is 11.9 Å². The molecular weight excluding hydrogens is 339 g/mol. The summed E-state index contributed by atoms with van der Waals surface area (Å²) in [5.41, 5.74) is 1.34. The molecular formula is C19H19FN2O4. The lowest BCUT2D eigenvalue weighted by atomic mass is 10.2. The molecule has 1 saturated carbocycles. The fourth-order valence-electron chi connectivity index (χ4n) is 2.56. The van der Waals surface area contributed by atoms with Crippen LogP contribution in [0.15, 0.2) is 48.5 Å². The van der Waals surface area contributed by atoms with Crippen molar-refractivity contribution in [2.45, 2.75) is 25.5 Å². The normalized spacial score (nSPS) is 13.1. The van der Waals surface area contributed by atoms with Crippen molar-refractivity contribution in [1.29, 1.82) is 0 Å². The Morgan fingerprint density at radius 2 is 1.96 bits per heavy atom. The number of anilines is 1. The van der Waals surface area contributed by atoms with Gasteiger partial charge < -0.3 is 20.1 Å². The Labute approximate surface area is 150 Å². The van der Waals surface area contributed by atoms with Gasteiger partial charge in [0.2, 0.25) is 0 Å². The van der Waals surface area contributed by atoms with Gasteiger partial charge in [-0.2, -0.15) is 0 Å². The lowest BCUT2D eigenvalue weighted by Gasteiger charge is -2.21. The third-order valence-electron chi connectivity index (χ3n) is 3.93. The van der Waals surface area contributed by atoms with Crippen LogP contribution in [0.3, 0.4) is 0 Å². The van der Waals surface area contributed by atoms with Crippen molar-refractivity contribution < 1.29 is 23.8 Å². The molecule has 2 amide bonds. The lowest BCUT2D eigenvalue weighted by molar-refractivity contribution is -0.137. The largest absolute Gasteiger partial charge is 0.489 e. The van der Waals surface area contributed by atoms with Crippen LogP contribution in [0.25, 0.3) is 0 Å². The lowest BCUT2D eigenvalue weighted by Crippen LogP contribution is -2.40. The number of ether oxygens (including phenoxy) is 1. The second kappa shape index (κ2) is 7.86. The van der Waals surface area contributed by atoms with E-state index in [1.54, 1.807) is 30.3 Å². The number of nitrogens with zero attached hydrogens (tertiary/aromatic N) is 1. The molecule has 7 heteroatoms. The standard InChI is InChI=1S/C19H19FN2O4/c20-14-4-2-6-17(10-14)26-12-13-3-1-5-15(9-13)21-19(25)22(11-18(23)24)16-7-8-16/h1-6,9-10,16H,7-8,11-12H2,(H,21,25)(H,23,24). The van der Waals surface area contributed by atoms with E-state index in [9.17, 15) is 14.0 Å². The highest BCUT2D eigenvalue weighted by Crippen LogP contribution is 2.27. The van der Waals surface area contributed by atoms with Crippen molar-refractivity contribution in [1.82, 2.24) is 4.90 Å². The minimum absolute atomic E-state index is 0.00871. The zero-order valence-corrected chi connectivity index (χ0v) is 14.0. The number of carboxylic acids is 1. The summed E-state index contributed by atoms with van der Waals surface area (Å²) in [6.07, 6.45) is 1.64. The van der Waals surface area contributed by atoms with Gasteiger partial charge in [-0.15, -0.1) is 0 Å². The predicted octanol–water partition coefficient (Wildman–Crippen LogP) is 3.49. The number of hydrogen-bond donors (Lipinski definition) is 2. The van der Waals surface area contributed by atoms with Crippen LogP contribution >= 0.6 is 0 Å². The maximum absolute atomic E-state index is 13.2. The third kappa shape index (κ3) is 4.95. The van der Waals surface area contributed by atoms with Crippen LogP contribution in [0.5, 0.6) is 5.75 Å². The molecule has 1 aliphatic carbocycles. The van der Waals surface area contributed by atoms with Crippen LogP contribution in [0.4, 0.5) is 14.9 Å². The van der Waals surface area contributed by atoms with Gasteiger partial charge in [0.05, 0.1) is 0 Å². The van der Waals surface area contributed by atoms with Crippen molar-refractivity contribution in [3.8, 4) is 5.75 Å². The zero-order chi connectivity index (χ0) is 18.5. The fraction of sp³-hybridized carbons (Fsp3) is 0.263. The van der Waals surface area contributed by atoms with E-state index in [0.29, 0.717) is 11.4 Å². The van der Waals surface area contributed by atoms with Gasteiger partial charge in [0.1, 0.15) is 24.7 Å². The summed E-state index contributed by atoms with van der Waals surface area (Å²) < 4.78 is 18.7. The molecule has 2 aromatic carbocycles. The Bertz CT molecular complexity index is 808.